The number of nitrogens with one attached hydrogen (secondary N) is 1. The first-order chi connectivity index (χ1) is 12.0. The molecule has 0 radical (unpaired) electrons. The lowest BCUT2D eigenvalue weighted by Crippen LogP contribution is -2.39. The zero-order valence-corrected chi connectivity index (χ0v) is 14.2. The first kappa shape index (κ1) is 17.2. The first-order valence-electron chi connectivity index (χ1n) is 8.43. The van der Waals surface area contributed by atoms with Crippen LogP contribution < -0.4 is 5.32 Å². The maximum Gasteiger partial charge on any atom is 0.335 e. The molecular weight excluding hydrogens is 316 g/mol. The Hall–Kier alpha value is -2.66. The van der Waals surface area contributed by atoms with Gasteiger partial charge in [-0.05, 0) is 29.7 Å². The standard InChI is InChI=1S/C20H22N2O3/c1-14-11-22(12-15-6-3-2-4-7-15)13-18(14)21-19(23)16-8-5-9-17(10-16)20(24)25/h2-10,14,18H,11-13H2,1H3,(H,21,23)(H,24,25). The van der Waals surface area contributed by atoms with Crippen molar-refractivity contribution in [2.45, 2.75) is 19.5 Å². The average molecular weight is 338 g/mol. The lowest BCUT2D eigenvalue weighted by atomic mass is 10.1. The molecule has 1 heterocycles. The van der Waals surface area contributed by atoms with Gasteiger partial charge in [0.15, 0.2) is 0 Å². The van der Waals surface area contributed by atoms with Crippen LogP contribution in [0.15, 0.2) is 54.6 Å². The fourth-order valence-corrected chi connectivity index (χ4v) is 3.27. The second-order valence-corrected chi connectivity index (χ2v) is 6.62. The number of likely N-dealkylation sites (tertiary alicyclic amines) is 1. The lowest BCUT2D eigenvalue weighted by molar-refractivity contribution is 0.0697. The molecule has 2 unspecified atom stereocenters. The largest absolute Gasteiger partial charge is 0.478 e. The van der Waals surface area contributed by atoms with E-state index >= 15 is 0 Å². The highest BCUT2D eigenvalue weighted by Gasteiger charge is 2.30. The molecule has 0 aromatic heterocycles. The summed E-state index contributed by atoms with van der Waals surface area (Å²) in [5.74, 6) is -0.908. The molecule has 1 amide bonds. The van der Waals surface area contributed by atoms with Crippen LogP contribution in [0.5, 0.6) is 0 Å². The van der Waals surface area contributed by atoms with Gasteiger partial charge in [-0.2, -0.15) is 0 Å². The summed E-state index contributed by atoms with van der Waals surface area (Å²) in [7, 11) is 0. The third kappa shape index (κ3) is 4.25. The number of carbonyl (C=O) groups is 2. The third-order valence-electron chi connectivity index (χ3n) is 4.63. The molecule has 1 aliphatic heterocycles. The van der Waals surface area contributed by atoms with E-state index in [1.165, 1.54) is 17.7 Å². The number of carbonyl (C=O) groups excluding carboxylic acids is 1. The molecule has 5 nitrogen and oxygen atoms in total. The van der Waals surface area contributed by atoms with Gasteiger partial charge in [-0.25, -0.2) is 4.79 Å². The summed E-state index contributed by atoms with van der Waals surface area (Å²) in [6.07, 6.45) is 0. The Balaban J connectivity index is 1.62. The molecule has 2 aromatic carbocycles. The topological polar surface area (TPSA) is 69.6 Å². The van der Waals surface area contributed by atoms with E-state index in [1.54, 1.807) is 12.1 Å². The quantitative estimate of drug-likeness (QED) is 0.879. The summed E-state index contributed by atoms with van der Waals surface area (Å²) in [5.41, 5.74) is 1.77. The van der Waals surface area contributed by atoms with Gasteiger partial charge in [0.2, 0.25) is 0 Å². The maximum absolute atomic E-state index is 12.5. The predicted octanol–water partition coefficient (Wildman–Crippen LogP) is 2.64. The molecule has 130 valence electrons. The minimum atomic E-state index is -1.03. The predicted molar refractivity (Wildman–Crippen MR) is 95.5 cm³/mol. The number of aromatic carboxylic acids is 1. The van der Waals surface area contributed by atoms with Crippen molar-refractivity contribution >= 4 is 11.9 Å². The summed E-state index contributed by atoms with van der Waals surface area (Å²) in [5, 5.41) is 12.1. The fraction of sp³-hybridized carbons (Fsp3) is 0.300. The summed E-state index contributed by atoms with van der Waals surface area (Å²) >= 11 is 0. The fourth-order valence-electron chi connectivity index (χ4n) is 3.27. The lowest BCUT2D eigenvalue weighted by Gasteiger charge is -2.17. The van der Waals surface area contributed by atoms with E-state index in [0.29, 0.717) is 11.5 Å². The van der Waals surface area contributed by atoms with E-state index in [1.807, 2.05) is 18.2 Å². The Labute approximate surface area is 147 Å². The SMILES string of the molecule is CC1CN(Cc2ccccc2)CC1NC(=O)c1cccc(C(=O)O)c1. The smallest absolute Gasteiger partial charge is 0.335 e. The maximum atomic E-state index is 12.5. The van der Waals surface area contributed by atoms with Crippen molar-refractivity contribution in [1.82, 2.24) is 10.2 Å². The van der Waals surface area contributed by atoms with Crippen molar-refractivity contribution in [2.24, 2.45) is 5.92 Å². The minimum absolute atomic E-state index is 0.0599. The number of rotatable bonds is 5. The highest BCUT2D eigenvalue weighted by molar-refractivity contribution is 5.97. The molecular formula is C20H22N2O3. The number of carboxylic acid groups (broad SMARTS) is 1. The molecule has 0 saturated carbocycles. The van der Waals surface area contributed by atoms with E-state index in [2.05, 4.69) is 29.3 Å². The van der Waals surface area contributed by atoms with Crippen molar-refractivity contribution in [2.75, 3.05) is 13.1 Å². The van der Waals surface area contributed by atoms with E-state index in [-0.39, 0.29) is 17.5 Å². The number of amides is 1. The third-order valence-corrected chi connectivity index (χ3v) is 4.63. The number of nitrogens with zero attached hydrogens (tertiary/aromatic N) is 1. The molecule has 5 heteroatoms. The summed E-state index contributed by atoms with van der Waals surface area (Å²) < 4.78 is 0. The van der Waals surface area contributed by atoms with Crippen LogP contribution in [0, 0.1) is 5.92 Å². The van der Waals surface area contributed by atoms with Gasteiger partial charge in [0.1, 0.15) is 0 Å². The second kappa shape index (κ2) is 7.49. The van der Waals surface area contributed by atoms with Gasteiger partial charge in [-0.1, -0.05) is 43.3 Å². The average Bonchev–Trinajstić information content (AvgIpc) is 2.95. The summed E-state index contributed by atoms with van der Waals surface area (Å²) in [4.78, 5) is 25.8. The molecule has 3 rings (SSSR count). The molecule has 2 atom stereocenters. The van der Waals surface area contributed by atoms with Gasteiger partial charge in [-0.3, -0.25) is 9.69 Å². The van der Waals surface area contributed by atoms with E-state index in [9.17, 15) is 9.59 Å². The molecule has 2 aromatic rings. The van der Waals surface area contributed by atoms with Gasteiger partial charge in [-0.15, -0.1) is 0 Å². The van der Waals surface area contributed by atoms with Crippen molar-refractivity contribution in [3.63, 3.8) is 0 Å². The van der Waals surface area contributed by atoms with Crippen LogP contribution in [0.25, 0.3) is 0 Å². The van der Waals surface area contributed by atoms with Crippen LogP contribution >= 0.6 is 0 Å². The second-order valence-electron chi connectivity index (χ2n) is 6.62. The Morgan fingerprint density at radius 2 is 1.80 bits per heavy atom. The van der Waals surface area contributed by atoms with E-state index in [4.69, 9.17) is 5.11 Å². The highest BCUT2D eigenvalue weighted by Crippen LogP contribution is 2.19. The van der Waals surface area contributed by atoms with Crippen LogP contribution in [0.2, 0.25) is 0 Å². The van der Waals surface area contributed by atoms with Crippen LogP contribution in [0.1, 0.15) is 33.2 Å². The van der Waals surface area contributed by atoms with Gasteiger partial charge in [0.05, 0.1) is 5.56 Å². The van der Waals surface area contributed by atoms with Crippen molar-refractivity contribution in [1.29, 1.82) is 0 Å². The molecule has 1 saturated heterocycles. The van der Waals surface area contributed by atoms with Crippen LogP contribution in [0.3, 0.4) is 0 Å². The van der Waals surface area contributed by atoms with Gasteiger partial charge < -0.3 is 10.4 Å². The minimum Gasteiger partial charge on any atom is -0.478 e. The van der Waals surface area contributed by atoms with Crippen molar-refractivity contribution < 1.29 is 14.7 Å². The monoisotopic (exact) mass is 338 g/mol. The number of hydrogen-bond donors (Lipinski definition) is 2. The molecule has 1 aliphatic rings. The first-order valence-corrected chi connectivity index (χ1v) is 8.43. The Kier molecular flexibility index (Phi) is 5.14. The molecule has 25 heavy (non-hydrogen) atoms. The van der Waals surface area contributed by atoms with Crippen molar-refractivity contribution in [3.05, 3.63) is 71.3 Å². The Morgan fingerprint density at radius 3 is 2.52 bits per heavy atom. The number of hydrogen-bond acceptors (Lipinski definition) is 3. The number of benzene rings is 2. The molecule has 0 spiro atoms. The zero-order valence-electron chi connectivity index (χ0n) is 14.2. The zero-order chi connectivity index (χ0) is 17.8. The van der Waals surface area contributed by atoms with Crippen LogP contribution in [-0.4, -0.2) is 41.0 Å². The molecule has 0 bridgehead atoms. The van der Waals surface area contributed by atoms with E-state index < -0.39 is 5.97 Å². The van der Waals surface area contributed by atoms with Gasteiger partial charge >= 0.3 is 5.97 Å². The van der Waals surface area contributed by atoms with Crippen molar-refractivity contribution in [3.8, 4) is 0 Å². The summed E-state index contributed by atoms with van der Waals surface area (Å²) in [6, 6.07) is 16.5. The number of carboxylic acids is 1. The summed E-state index contributed by atoms with van der Waals surface area (Å²) in [6.45, 7) is 4.71. The van der Waals surface area contributed by atoms with E-state index in [0.717, 1.165) is 19.6 Å². The Morgan fingerprint density at radius 1 is 1.08 bits per heavy atom. The van der Waals surface area contributed by atoms with Gasteiger partial charge in [0.25, 0.3) is 5.91 Å². The normalized spacial score (nSPS) is 20.4. The molecule has 2 N–H and O–H groups in total. The molecule has 0 aliphatic carbocycles. The van der Waals surface area contributed by atoms with Crippen LogP contribution in [-0.2, 0) is 6.54 Å². The van der Waals surface area contributed by atoms with Gasteiger partial charge in [0, 0.05) is 31.2 Å². The highest BCUT2D eigenvalue weighted by atomic mass is 16.4. The van der Waals surface area contributed by atoms with Crippen LogP contribution in [0.4, 0.5) is 0 Å². The molecule has 1 fully saturated rings. The Bertz CT molecular complexity index is 761.